The highest BCUT2D eigenvalue weighted by Crippen LogP contribution is 2.70. The van der Waals surface area contributed by atoms with Crippen molar-refractivity contribution >= 4 is 17.3 Å². The van der Waals surface area contributed by atoms with Gasteiger partial charge >= 0.3 is 0 Å². The van der Waals surface area contributed by atoms with Gasteiger partial charge in [0.1, 0.15) is 23.7 Å². The fraction of sp³-hybridized carbons (Fsp3) is 0.792. The second-order valence-corrected chi connectivity index (χ2v) is 10.5. The lowest BCUT2D eigenvalue weighted by Crippen LogP contribution is -2.69. The maximum atomic E-state index is 16.8. The van der Waals surface area contributed by atoms with E-state index in [2.05, 4.69) is 0 Å². The van der Waals surface area contributed by atoms with Gasteiger partial charge in [0.2, 0.25) is 0 Å². The van der Waals surface area contributed by atoms with Gasteiger partial charge in [-0.05, 0) is 64.4 Å². The fourth-order valence-corrected chi connectivity index (χ4v) is 7.16. The first kappa shape index (κ1) is 24.2. The van der Waals surface area contributed by atoms with E-state index >= 15 is 4.39 Å². The third kappa shape index (κ3) is 3.26. The zero-order chi connectivity index (χ0) is 23.4. The number of rotatable bonds is 2. The predicted octanol–water partition coefficient (Wildman–Crippen LogP) is 2.47. The lowest BCUT2D eigenvalue weighted by atomic mass is 9.44. The van der Waals surface area contributed by atoms with Crippen LogP contribution in [0.1, 0.15) is 72.6 Å². The quantitative estimate of drug-likeness (QED) is 0.611. The van der Waals surface area contributed by atoms with E-state index < -0.39 is 46.5 Å². The van der Waals surface area contributed by atoms with Gasteiger partial charge in [-0.1, -0.05) is 19.4 Å². The van der Waals surface area contributed by atoms with Crippen LogP contribution in [0.5, 0.6) is 0 Å². The minimum atomic E-state index is -1.88. The molecular formula is C24H35FO6. The third-order valence-corrected chi connectivity index (χ3v) is 8.80. The molecule has 4 rings (SSSR count). The van der Waals surface area contributed by atoms with Crippen molar-refractivity contribution in [2.75, 3.05) is 6.61 Å². The van der Waals surface area contributed by atoms with E-state index in [1.54, 1.807) is 13.0 Å². The number of hydrogen-bond donors (Lipinski definition) is 3. The first-order valence-electron chi connectivity index (χ1n) is 11.2. The normalized spacial score (nSPS) is 46.0. The topological polar surface area (TPSA) is 112 Å². The van der Waals surface area contributed by atoms with E-state index in [4.69, 9.17) is 0 Å². The summed E-state index contributed by atoms with van der Waals surface area (Å²) in [5.74, 6) is -1.19. The molecule has 4 aliphatic carbocycles. The summed E-state index contributed by atoms with van der Waals surface area (Å²) in [4.78, 5) is 33.7. The molecule has 0 aromatic heterocycles. The summed E-state index contributed by atoms with van der Waals surface area (Å²) >= 11 is 0. The van der Waals surface area contributed by atoms with Crippen molar-refractivity contribution in [1.82, 2.24) is 0 Å². The molecule has 0 aromatic carbocycles. The standard InChI is InChI=1S/C21H29FO5.C3H6O/c1-18-7-5-13(24)9-12(18)3-4-15-14-6-8-20(27,17(26)11-23)19(14,2)10-16(25)21(15,18)22;1-3(2)4/h9,14-16,23,25,27H,3-8,10-11H2,1-2H3;1-2H3/t14-,15-,16-,18-,19-,20-,21-;/m0./s1. The van der Waals surface area contributed by atoms with Gasteiger partial charge in [0.05, 0.1) is 6.10 Å². The number of fused-ring (bicyclic) bond motifs is 5. The van der Waals surface area contributed by atoms with Crippen LogP contribution in [-0.2, 0) is 14.4 Å². The van der Waals surface area contributed by atoms with Gasteiger partial charge in [0, 0.05) is 23.2 Å². The Morgan fingerprint density at radius 1 is 1.13 bits per heavy atom. The largest absolute Gasteiger partial charge is 0.390 e. The van der Waals surface area contributed by atoms with Crippen LogP contribution >= 0.6 is 0 Å². The van der Waals surface area contributed by atoms with E-state index in [-0.39, 0.29) is 36.7 Å². The molecule has 0 aliphatic heterocycles. The molecule has 3 fully saturated rings. The minimum Gasteiger partial charge on any atom is -0.390 e. The van der Waals surface area contributed by atoms with Crippen molar-refractivity contribution in [3.05, 3.63) is 11.6 Å². The summed E-state index contributed by atoms with van der Waals surface area (Å²) in [7, 11) is 0. The number of allylic oxidation sites excluding steroid dienone is 1. The van der Waals surface area contributed by atoms with Crippen molar-refractivity contribution in [3.8, 4) is 0 Å². The van der Waals surface area contributed by atoms with Crippen LogP contribution in [0.4, 0.5) is 4.39 Å². The lowest BCUT2D eigenvalue weighted by molar-refractivity contribution is -0.226. The Bertz CT molecular complexity index is 819. The summed E-state index contributed by atoms with van der Waals surface area (Å²) in [5, 5.41) is 31.5. The Hall–Kier alpha value is -1.44. The van der Waals surface area contributed by atoms with Crippen molar-refractivity contribution in [2.45, 2.75) is 90.0 Å². The Balaban J connectivity index is 0.000000628. The Morgan fingerprint density at radius 2 is 1.74 bits per heavy atom. The Kier molecular flexibility index (Phi) is 6.13. The molecule has 0 aromatic rings. The van der Waals surface area contributed by atoms with Crippen molar-refractivity contribution in [3.63, 3.8) is 0 Å². The van der Waals surface area contributed by atoms with Crippen LogP contribution in [0.25, 0.3) is 0 Å². The van der Waals surface area contributed by atoms with Gasteiger partial charge in [-0.2, -0.15) is 0 Å². The average Bonchev–Trinajstić information content (AvgIpc) is 2.94. The number of ketones is 3. The molecule has 0 amide bonds. The van der Waals surface area contributed by atoms with E-state index in [9.17, 15) is 29.7 Å². The number of alkyl halides is 1. The second kappa shape index (κ2) is 7.85. The highest BCUT2D eigenvalue weighted by molar-refractivity contribution is 5.92. The van der Waals surface area contributed by atoms with Crippen molar-refractivity contribution in [1.29, 1.82) is 0 Å². The van der Waals surface area contributed by atoms with Gasteiger partial charge < -0.3 is 20.1 Å². The molecule has 3 saturated carbocycles. The second-order valence-electron chi connectivity index (χ2n) is 10.5. The lowest BCUT2D eigenvalue weighted by Gasteiger charge is -2.63. The number of carbonyl (C=O) groups excluding carboxylic acids is 3. The molecule has 7 heteroatoms. The van der Waals surface area contributed by atoms with E-state index in [1.165, 1.54) is 13.8 Å². The first-order chi connectivity index (χ1) is 14.3. The molecule has 0 saturated heterocycles. The molecule has 0 heterocycles. The zero-order valence-corrected chi connectivity index (χ0v) is 18.9. The SMILES string of the molecule is CC(C)=O.C[C@]12CCC(=O)C=C1CC[C@H]1[C@@H]3CC[C@](O)(C(=O)CO)[C@@]3(C)C[C@H](O)[C@@]12F. The van der Waals surface area contributed by atoms with Crippen LogP contribution < -0.4 is 0 Å². The van der Waals surface area contributed by atoms with Crippen LogP contribution in [0.2, 0.25) is 0 Å². The highest BCUT2D eigenvalue weighted by atomic mass is 19.1. The van der Waals surface area contributed by atoms with E-state index in [0.717, 1.165) is 5.57 Å². The number of carbonyl (C=O) groups is 3. The molecule has 4 aliphatic rings. The van der Waals surface area contributed by atoms with Gasteiger partial charge in [-0.25, -0.2) is 4.39 Å². The monoisotopic (exact) mass is 438 g/mol. The number of aliphatic hydroxyl groups is 3. The molecule has 7 atom stereocenters. The first-order valence-corrected chi connectivity index (χ1v) is 11.2. The van der Waals surface area contributed by atoms with Gasteiger partial charge in [0.25, 0.3) is 0 Å². The number of Topliss-reactive ketones (excluding diaryl/α,β-unsaturated/α-hetero) is 2. The van der Waals surface area contributed by atoms with Gasteiger partial charge in [-0.15, -0.1) is 0 Å². The Labute approximate surface area is 182 Å². The molecule has 174 valence electrons. The highest BCUT2D eigenvalue weighted by Gasteiger charge is 2.74. The minimum absolute atomic E-state index is 0.0171. The number of hydrogen-bond acceptors (Lipinski definition) is 6. The van der Waals surface area contributed by atoms with Crippen LogP contribution in [0.3, 0.4) is 0 Å². The Morgan fingerprint density at radius 3 is 2.32 bits per heavy atom. The zero-order valence-electron chi connectivity index (χ0n) is 18.9. The summed E-state index contributed by atoms with van der Waals surface area (Å²) in [6, 6.07) is 0. The molecule has 0 bridgehead atoms. The summed E-state index contributed by atoms with van der Waals surface area (Å²) < 4.78 is 16.8. The molecule has 31 heavy (non-hydrogen) atoms. The maximum absolute atomic E-state index is 16.8. The van der Waals surface area contributed by atoms with Crippen molar-refractivity contribution < 1.29 is 34.1 Å². The van der Waals surface area contributed by atoms with Crippen molar-refractivity contribution in [2.24, 2.45) is 22.7 Å². The van der Waals surface area contributed by atoms with E-state index in [0.29, 0.717) is 25.7 Å². The average molecular weight is 439 g/mol. The molecule has 0 radical (unpaired) electrons. The number of aliphatic hydroxyl groups excluding tert-OH is 2. The molecular weight excluding hydrogens is 403 g/mol. The van der Waals surface area contributed by atoms with Crippen LogP contribution in [0.15, 0.2) is 11.6 Å². The third-order valence-electron chi connectivity index (χ3n) is 8.80. The van der Waals surface area contributed by atoms with Crippen LogP contribution in [0, 0.1) is 22.7 Å². The van der Waals surface area contributed by atoms with Gasteiger partial charge in [-0.3, -0.25) is 9.59 Å². The predicted molar refractivity (Wildman–Crippen MR) is 112 cm³/mol. The molecule has 3 N–H and O–H groups in total. The van der Waals surface area contributed by atoms with E-state index in [1.807, 2.05) is 6.92 Å². The van der Waals surface area contributed by atoms with Gasteiger partial charge in [0.15, 0.2) is 11.6 Å². The summed E-state index contributed by atoms with van der Waals surface area (Å²) in [5.41, 5.74) is -4.68. The number of halogens is 1. The molecule has 0 spiro atoms. The van der Waals surface area contributed by atoms with Crippen LogP contribution in [-0.4, -0.2) is 56.6 Å². The summed E-state index contributed by atoms with van der Waals surface area (Å²) in [6.07, 6.45) is 2.65. The fourth-order valence-electron chi connectivity index (χ4n) is 7.16. The molecule has 6 nitrogen and oxygen atoms in total. The maximum Gasteiger partial charge on any atom is 0.190 e. The summed E-state index contributed by atoms with van der Waals surface area (Å²) in [6.45, 7) is 5.88. The smallest absolute Gasteiger partial charge is 0.190 e. The molecule has 0 unspecified atom stereocenters.